The minimum atomic E-state index is -1.00. The maximum atomic E-state index is 11.5. The molecule has 0 unspecified atom stereocenters. The van der Waals surface area contributed by atoms with E-state index in [1.807, 2.05) is 0 Å². The molecule has 0 atom stereocenters. The Morgan fingerprint density at radius 1 is 1.50 bits per heavy atom. The van der Waals surface area contributed by atoms with Crippen LogP contribution < -0.4 is 5.32 Å². The number of aliphatic carboxylic acids is 1. The molecule has 0 aliphatic heterocycles. The molecule has 0 saturated carbocycles. The van der Waals surface area contributed by atoms with Crippen molar-refractivity contribution in [2.24, 2.45) is 0 Å². The van der Waals surface area contributed by atoms with Gasteiger partial charge in [0.15, 0.2) is 0 Å². The van der Waals surface area contributed by atoms with Crippen LogP contribution in [0.2, 0.25) is 0 Å². The summed E-state index contributed by atoms with van der Waals surface area (Å²) >= 11 is 1.33. The van der Waals surface area contributed by atoms with E-state index < -0.39 is 5.97 Å². The van der Waals surface area contributed by atoms with Crippen LogP contribution in [0.4, 0.5) is 0 Å². The number of carboxylic acid groups (broad SMARTS) is 1. The minimum Gasteiger partial charge on any atom is -0.480 e. The molecule has 0 radical (unpaired) electrons. The number of amides is 1. The molecule has 0 fully saturated rings. The van der Waals surface area contributed by atoms with Gasteiger partial charge in [0.1, 0.15) is 17.9 Å². The third-order valence-corrected chi connectivity index (χ3v) is 2.56. The summed E-state index contributed by atoms with van der Waals surface area (Å²) in [4.78, 5) is 25.8. The maximum absolute atomic E-state index is 11.5. The molecule has 18 heavy (non-hydrogen) atoms. The third kappa shape index (κ3) is 3.10. The fourth-order valence-electron chi connectivity index (χ4n) is 1.22. The lowest BCUT2D eigenvalue weighted by Gasteiger charge is -1.98. The first-order valence-electron chi connectivity index (χ1n) is 4.92. The number of nitrogens with one attached hydrogen (secondary N) is 1. The van der Waals surface area contributed by atoms with Crippen LogP contribution in [-0.4, -0.2) is 37.0 Å². The SMILES string of the molecule is O=C(O)Cn1cc(CNC(=O)c2cscn2)nn1. The number of hydrogen-bond donors (Lipinski definition) is 2. The summed E-state index contributed by atoms with van der Waals surface area (Å²) in [7, 11) is 0. The van der Waals surface area contributed by atoms with E-state index in [9.17, 15) is 9.59 Å². The van der Waals surface area contributed by atoms with Crippen molar-refractivity contribution in [3.63, 3.8) is 0 Å². The van der Waals surface area contributed by atoms with E-state index in [4.69, 9.17) is 5.11 Å². The average Bonchev–Trinajstić information content (AvgIpc) is 2.95. The quantitative estimate of drug-likeness (QED) is 0.773. The molecule has 2 rings (SSSR count). The molecule has 1 amide bonds. The zero-order chi connectivity index (χ0) is 13.0. The van der Waals surface area contributed by atoms with Gasteiger partial charge in [-0.3, -0.25) is 9.59 Å². The van der Waals surface area contributed by atoms with Crippen LogP contribution in [0.5, 0.6) is 0 Å². The number of carboxylic acids is 1. The Labute approximate surface area is 105 Å². The highest BCUT2D eigenvalue weighted by molar-refractivity contribution is 7.07. The second-order valence-corrected chi connectivity index (χ2v) is 4.08. The molecule has 0 aliphatic rings. The molecule has 0 aliphatic carbocycles. The van der Waals surface area contributed by atoms with Crippen molar-refractivity contribution in [2.75, 3.05) is 0 Å². The van der Waals surface area contributed by atoms with E-state index in [1.165, 1.54) is 22.2 Å². The van der Waals surface area contributed by atoms with Crippen molar-refractivity contribution >= 4 is 23.2 Å². The zero-order valence-electron chi connectivity index (χ0n) is 9.11. The molecular formula is C9H9N5O3S. The summed E-state index contributed by atoms with van der Waals surface area (Å²) < 4.78 is 1.19. The van der Waals surface area contributed by atoms with E-state index in [0.717, 1.165) is 0 Å². The zero-order valence-corrected chi connectivity index (χ0v) is 9.92. The Kier molecular flexibility index (Phi) is 3.63. The molecule has 0 spiro atoms. The largest absolute Gasteiger partial charge is 0.480 e. The summed E-state index contributed by atoms with van der Waals surface area (Å²) in [5.74, 6) is -1.30. The van der Waals surface area contributed by atoms with Gasteiger partial charge in [-0.15, -0.1) is 16.4 Å². The molecule has 2 aromatic rings. The predicted octanol–water partition coefficient (Wildman–Crippen LogP) is -0.251. The minimum absolute atomic E-state index is 0.177. The normalized spacial score (nSPS) is 10.2. The number of hydrogen-bond acceptors (Lipinski definition) is 6. The van der Waals surface area contributed by atoms with Gasteiger partial charge in [-0.05, 0) is 0 Å². The fourth-order valence-corrected chi connectivity index (χ4v) is 1.75. The molecule has 2 aromatic heterocycles. The van der Waals surface area contributed by atoms with E-state index in [1.54, 1.807) is 10.9 Å². The molecule has 8 nitrogen and oxygen atoms in total. The first-order valence-corrected chi connectivity index (χ1v) is 5.86. The lowest BCUT2D eigenvalue weighted by Crippen LogP contribution is -2.23. The van der Waals surface area contributed by atoms with Gasteiger partial charge in [-0.2, -0.15) is 0 Å². The van der Waals surface area contributed by atoms with Crippen molar-refractivity contribution in [2.45, 2.75) is 13.1 Å². The van der Waals surface area contributed by atoms with Crippen LogP contribution in [0, 0.1) is 0 Å². The highest BCUT2D eigenvalue weighted by Crippen LogP contribution is 2.01. The number of thiazole rings is 1. The molecule has 9 heteroatoms. The second-order valence-electron chi connectivity index (χ2n) is 3.36. The van der Waals surface area contributed by atoms with Crippen molar-refractivity contribution in [1.82, 2.24) is 25.3 Å². The standard InChI is InChI=1S/C9H9N5O3S/c15-8(16)3-14-2-6(12-13-14)1-10-9(17)7-4-18-5-11-7/h2,4-5H,1,3H2,(H,10,17)(H,15,16). The van der Waals surface area contributed by atoms with E-state index >= 15 is 0 Å². The lowest BCUT2D eigenvalue weighted by molar-refractivity contribution is -0.137. The third-order valence-electron chi connectivity index (χ3n) is 1.98. The van der Waals surface area contributed by atoms with E-state index in [2.05, 4.69) is 20.6 Å². The van der Waals surface area contributed by atoms with Gasteiger partial charge in [0, 0.05) is 5.38 Å². The van der Waals surface area contributed by atoms with Crippen LogP contribution >= 0.6 is 11.3 Å². The summed E-state index contributed by atoms with van der Waals surface area (Å²) in [5.41, 5.74) is 2.40. The first-order chi connectivity index (χ1) is 8.65. The topological polar surface area (TPSA) is 110 Å². The summed E-state index contributed by atoms with van der Waals surface area (Å²) in [6.45, 7) is -0.0803. The number of rotatable bonds is 5. The highest BCUT2D eigenvalue weighted by Gasteiger charge is 2.09. The van der Waals surface area contributed by atoms with Gasteiger partial charge < -0.3 is 10.4 Å². The van der Waals surface area contributed by atoms with Crippen LogP contribution in [0.1, 0.15) is 16.2 Å². The molecular weight excluding hydrogens is 258 g/mol. The average molecular weight is 267 g/mol. The molecule has 0 saturated heterocycles. The Morgan fingerprint density at radius 3 is 3.00 bits per heavy atom. The molecule has 94 valence electrons. The van der Waals surface area contributed by atoms with Crippen molar-refractivity contribution in [3.8, 4) is 0 Å². The Hall–Kier alpha value is -2.29. The van der Waals surface area contributed by atoms with Gasteiger partial charge in [0.2, 0.25) is 0 Å². The van der Waals surface area contributed by atoms with Gasteiger partial charge >= 0.3 is 5.97 Å². The number of nitrogens with zero attached hydrogens (tertiary/aromatic N) is 4. The Bertz CT molecular complexity index is 550. The smallest absolute Gasteiger partial charge is 0.325 e. The lowest BCUT2D eigenvalue weighted by atomic mass is 10.4. The van der Waals surface area contributed by atoms with Gasteiger partial charge in [-0.1, -0.05) is 5.21 Å². The Balaban J connectivity index is 1.88. The summed E-state index contributed by atoms with van der Waals surface area (Å²) in [5, 5.41) is 20.2. The molecule has 2 N–H and O–H groups in total. The van der Waals surface area contributed by atoms with Crippen molar-refractivity contribution in [1.29, 1.82) is 0 Å². The summed E-state index contributed by atoms with van der Waals surface area (Å²) in [6.07, 6.45) is 1.47. The predicted molar refractivity (Wildman–Crippen MR) is 60.9 cm³/mol. The fraction of sp³-hybridized carbons (Fsp3) is 0.222. The second kappa shape index (κ2) is 5.36. The van der Waals surface area contributed by atoms with Crippen LogP contribution in [0.25, 0.3) is 0 Å². The van der Waals surface area contributed by atoms with Crippen LogP contribution in [-0.2, 0) is 17.9 Å². The molecule has 0 bridgehead atoms. The van der Waals surface area contributed by atoms with Gasteiger partial charge in [-0.25, -0.2) is 9.67 Å². The number of carbonyl (C=O) groups excluding carboxylic acids is 1. The van der Waals surface area contributed by atoms with Crippen molar-refractivity contribution in [3.05, 3.63) is 28.5 Å². The molecule has 0 aromatic carbocycles. The maximum Gasteiger partial charge on any atom is 0.325 e. The monoisotopic (exact) mass is 267 g/mol. The Morgan fingerprint density at radius 2 is 2.33 bits per heavy atom. The number of aromatic nitrogens is 4. The van der Waals surface area contributed by atoms with Crippen molar-refractivity contribution < 1.29 is 14.7 Å². The van der Waals surface area contributed by atoms with E-state index in [-0.39, 0.29) is 19.0 Å². The number of carbonyl (C=O) groups is 2. The van der Waals surface area contributed by atoms with Crippen LogP contribution in [0.15, 0.2) is 17.1 Å². The summed E-state index contributed by atoms with van der Waals surface area (Å²) in [6, 6.07) is 0. The van der Waals surface area contributed by atoms with E-state index in [0.29, 0.717) is 11.4 Å². The highest BCUT2D eigenvalue weighted by atomic mass is 32.1. The van der Waals surface area contributed by atoms with Gasteiger partial charge in [0.25, 0.3) is 5.91 Å². The first kappa shape index (κ1) is 12.2. The van der Waals surface area contributed by atoms with Crippen LogP contribution in [0.3, 0.4) is 0 Å². The van der Waals surface area contributed by atoms with Gasteiger partial charge in [0.05, 0.1) is 18.3 Å². The molecule has 2 heterocycles.